The van der Waals surface area contributed by atoms with Crippen LogP contribution in [0.3, 0.4) is 0 Å². The summed E-state index contributed by atoms with van der Waals surface area (Å²) in [5, 5.41) is 10.8. The first-order chi connectivity index (χ1) is 9.34. The number of sulfonamides is 1. The zero-order valence-electron chi connectivity index (χ0n) is 10.9. The summed E-state index contributed by atoms with van der Waals surface area (Å²) in [5.74, 6) is -1.58. The number of carbonyl (C=O) groups excluding carboxylic acids is 1. The van der Waals surface area contributed by atoms with E-state index in [1.165, 1.54) is 19.2 Å². The SMILES string of the molecule is CN(CC(=O)NCCC(=O)O)S(=O)(=O)c1ccccc1. The van der Waals surface area contributed by atoms with Crippen LogP contribution in [0, 0.1) is 0 Å². The number of nitrogens with zero attached hydrogens (tertiary/aromatic N) is 1. The molecule has 1 amide bonds. The van der Waals surface area contributed by atoms with Gasteiger partial charge in [0.1, 0.15) is 0 Å². The summed E-state index contributed by atoms with van der Waals surface area (Å²) >= 11 is 0. The number of rotatable bonds is 7. The van der Waals surface area contributed by atoms with E-state index in [0.29, 0.717) is 0 Å². The molecule has 1 rings (SSSR count). The molecular formula is C12H16N2O5S. The van der Waals surface area contributed by atoms with Gasteiger partial charge in [-0.15, -0.1) is 0 Å². The van der Waals surface area contributed by atoms with E-state index in [0.717, 1.165) is 4.31 Å². The lowest BCUT2D eigenvalue weighted by Gasteiger charge is -2.16. The van der Waals surface area contributed by atoms with Gasteiger partial charge < -0.3 is 10.4 Å². The summed E-state index contributed by atoms with van der Waals surface area (Å²) in [5.41, 5.74) is 0. The summed E-state index contributed by atoms with van der Waals surface area (Å²) in [6.45, 7) is -0.399. The Morgan fingerprint density at radius 1 is 1.25 bits per heavy atom. The summed E-state index contributed by atoms with van der Waals surface area (Å²) in [4.78, 5) is 21.9. The molecule has 0 bridgehead atoms. The zero-order chi connectivity index (χ0) is 15.2. The molecule has 0 saturated carbocycles. The van der Waals surface area contributed by atoms with Crippen LogP contribution < -0.4 is 5.32 Å². The van der Waals surface area contributed by atoms with Gasteiger partial charge in [-0.05, 0) is 12.1 Å². The summed E-state index contributed by atoms with van der Waals surface area (Å²) < 4.78 is 25.1. The second-order valence-electron chi connectivity index (χ2n) is 4.07. The van der Waals surface area contributed by atoms with Crippen LogP contribution in [0.2, 0.25) is 0 Å². The highest BCUT2D eigenvalue weighted by molar-refractivity contribution is 7.89. The van der Waals surface area contributed by atoms with Crippen molar-refractivity contribution in [1.29, 1.82) is 0 Å². The normalized spacial score (nSPS) is 11.3. The van der Waals surface area contributed by atoms with Crippen molar-refractivity contribution in [3.05, 3.63) is 30.3 Å². The molecule has 0 aliphatic rings. The van der Waals surface area contributed by atoms with Gasteiger partial charge in [0.2, 0.25) is 15.9 Å². The minimum absolute atomic E-state index is 0.0343. The molecule has 0 atom stereocenters. The smallest absolute Gasteiger partial charge is 0.305 e. The average Bonchev–Trinajstić information content (AvgIpc) is 2.39. The van der Waals surface area contributed by atoms with Gasteiger partial charge in [0.25, 0.3) is 0 Å². The second-order valence-corrected chi connectivity index (χ2v) is 6.11. The van der Waals surface area contributed by atoms with Crippen molar-refractivity contribution in [3.8, 4) is 0 Å². The molecular weight excluding hydrogens is 284 g/mol. The number of amides is 1. The van der Waals surface area contributed by atoms with Crippen LogP contribution in [0.5, 0.6) is 0 Å². The lowest BCUT2D eigenvalue weighted by molar-refractivity contribution is -0.136. The third kappa shape index (κ3) is 4.63. The molecule has 7 nitrogen and oxygen atoms in total. The van der Waals surface area contributed by atoms with E-state index in [1.807, 2.05) is 0 Å². The number of carboxylic acid groups (broad SMARTS) is 1. The Kier molecular flexibility index (Phi) is 5.66. The fourth-order valence-electron chi connectivity index (χ4n) is 1.42. The van der Waals surface area contributed by atoms with Gasteiger partial charge in [0.05, 0.1) is 17.9 Å². The van der Waals surface area contributed by atoms with E-state index in [2.05, 4.69) is 5.32 Å². The Morgan fingerprint density at radius 2 is 1.85 bits per heavy atom. The number of carboxylic acids is 1. The average molecular weight is 300 g/mol. The van der Waals surface area contributed by atoms with E-state index < -0.39 is 21.9 Å². The number of benzene rings is 1. The third-order valence-electron chi connectivity index (χ3n) is 2.48. The number of nitrogens with one attached hydrogen (secondary N) is 1. The first-order valence-electron chi connectivity index (χ1n) is 5.84. The highest BCUT2D eigenvalue weighted by atomic mass is 32.2. The highest BCUT2D eigenvalue weighted by Gasteiger charge is 2.22. The molecule has 1 aromatic rings. The minimum Gasteiger partial charge on any atom is -0.481 e. The molecule has 0 radical (unpaired) electrons. The van der Waals surface area contributed by atoms with Gasteiger partial charge >= 0.3 is 5.97 Å². The van der Waals surface area contributed by atoms with E-state index >= 15 is 0 Å². The molecule has 0 saturated heterocycles. The van der Waals surface area contributed by atoms with Gasteiger partial charge in [-0.3, -0.25) is 9.59 Å². The van der Waals surface area contributed by atoms with Crippen molar-refractivity contribution < 1.29 is 23.1 Å². The lowest BCUT2D eigenvalue weighted by atomic mass is 10.4. The summed E-state index contributed by atoms with van der Waals surface area (Å²) in [7, 11) is -2.43. The molecule has 20 heavy (non-hydrogen) atoms. The van der Waals surface area contributed by atoms with Gasteiger partial charge in [-0.25, -0.2) is 8.42 Å². The first kappa shape index (κ1) is 16.1. The minimum atomic E-state index is -3.72. The number of aliphatic carboxylic acids is 1. The number of hydrogen-bond acceptors (Lipinski definition) is 4. The Hall–Kier alpha value is -1.93. The standard InChI is InChI=1S/C12H16N2O5S/c1-14(9-11(15)13-8-7-12(16)17)20(18,19)10-5-3-2-4-6-10/h2-6H,7-9H2,1H3,(H,13,15)(H,16,17). The highest BCUT2D eigenvalue weighted by Crippen LogP contribution is 2.12. The summed E-state index contributed by atoms with van der Waals surface area (Å²) in [6.07, 6.45) is -0.207. The van der Waals surface area contributed by atoms with Crippen molar-refractivity contribution in [1.82, 2.24) is 9.62 Å². The maximum Gasteiger partial charge on any atom is 0.305 e. The predicted molar refractivity (Wildman–Crippen MR) is 71.5 cm³/mol. The van der Waals surface area contributed by atoms with E-state index in [9.17, 15) is 18.0 Å². The zero-order valence-corrected chi connectivity index (χ0v) is 11.8. The molecule has 0 spiro atoms. The predicted octanol–water partition coefficient (Wildman–Crippen LogP) is -0.102. The molecule has 0 fully saturated rings. The third-order valence-corrected chi connectivity index (χ3v) is 4.30. The van der Waals surface area contributed by atoms with Gasteiger partial charge in [-0.2, -0.15) is 4.31 Å². The molecule has 2 N–H and O–H groups in total. The van der Waals surface area contributed by atoms with Crippen LogP contribution in [0.15, 0.2) is 35.2 Å². The van der Waals surface area contributed by atoms with Crippen molar-refractivity contribution in [2.75, 3.05) is 20.1 Å². The van der Waals surface area contributed by atoms with E-state index in [1.54, 1.807) is 18.2 Å². The quantitative estimate of drug-likeness (QED) is 0.731. The lowest BCUT2D eigenvalue weighted by Crippen LogP contribution is -2.38. The Morgan fingerprint density at radius 3 is 2.40 bits per heavy atom. The Balaban J connectivity index is 2.60. The van der Waals surface area contributed by atoms with Crippen LogP contribution >= 0.6 is 0 Å². The van der Waals surface area contributed by atoms with E-state index in [-0.39, 0.29) is 24.4 Å². The molecule has 8 heteroatoms. The fraction of sp³-hybridized carbons (Fsp3) is 0.333. The molecule has 0 heterocycles. The second kappa shape index (κ2) is 7.01. The van der Waals surface area contributed by atoms with Crippen LogP contribution in [0.4, 0.5) is 0 Å². The van der Waals surface area contributed by atoms with Crippen LogP contribution in [0.25, 0.3) is 0 Å². The fourth-order valence-corrected chi connectivity index (χ4v) is 2.57. The first-order valence-corrected chi connectivity index (χ1v) is 7.28. The van der Waals surface area contributed by atoms with Crippen LogP contribution in [0.1, 0.15) is 6.42 Å². The largest absolute Gasteiger partial charge is 0.481 e. The number of carbonyl (C=O) groups is 2. The number of hydrogen-bond donors (Lipinski definition) is 2. The van der Waals surface area contributed by atoms with E-state index in [4.69, 9.17) is 5.11 Å². The topological polar surface area (TPSA) is 104 Å². The maximum atomic E-state index is 12.1. The van der Waals surface area contributed by atoms with Gasteiger partial charge in [0.15, 0.2) is 0 Å². The molecule has 0 aliphatic heterocycles. The summed E-state index contributed by atoms with van der Waals surface area (Å²) in [6, 6.07) is 7.75. The van der Waals surface area contributed by atoms with Crippen molar-refractivity contribution in [3.63, 3.8) is 0 Å². The van der Waals surface area contributed by atoms with Crippen molar-refractivity contribution in [2.45, 2.75) is 11.3 Å². The van der Waals surface area contributed by atoms with Crippen LogP contribution in [-0.4, -0.2) is 49.8 Å². The van der Waals surface area contributed by atoms with Gasteiger partial charge in [0, 0.05) is 13.6 Å². The maximum absolute atomic E-state index is 12.1. The Labute approximate surface area is 117 Å². The van der Waals surface area contributed by atoms with Crippen LogP contribution in [-0.2, 0) is 19.6 Å². The van der Waals surface area contributed by atoms with Crippen molar-refractivity contribution >= 4 is 21.9 Å². The molecule has 110 valence electrons. The van der Waals surface area contributed by atoms with Crippen molar-refractivity contribution in [2.24, 2.45) is 0 Å². The molecule has 1 aromatic carbocycles. The Bertz CT molecular complexity index is 571. The number of likely N-dealkylation sites (N-methyl/N-ethyl adjacent to an activating group) is 1. The molecule has 0 aliphatic carbocycles. The monoisotopic (exact) mass is 300 g/mol. The van der Waals surface area contributed by atoms with Gasteiger partial charge in [-0.1, -0.05) is 18.2 Å². The molecule has 0 unspecified atom stereocenters. The molecule has 0 aromatic heterocycles.